The highest BCUT2D eigenvalue weighted by Crippen LogP contribution is 2.46. The summed E-state index contributed by atoms with van der Waals surface area (Å²) in [4.78, 5) is 38.0. The lowest BCUT2D eigenvalue weighted by atomic mass is 9.81. The fourth-order valence-corrected chi connectivity index (χ4v) is 12.9. The molecule has 0 aliphatic carbocycles. The minimum absolute atomic E-state index is 0.0544. The largest absolute Gasteiger partial charge is 0.488 e. The Balaban J connectivity index is 0.000000145. The summed E-state index contributed by atoms with van der Waals surface area (Å²) in [6, 6.07) is 74.7. The number of pyridine rings is 2. The summed E-state index contributed by atoms with van der Waals surface area (Å²) in [6.45, 7) is 0. The molecule has 0 radical (unpaired) electrons. The first-order valence-corrected chi connectivity index (χ1v) is 28.4. The molecule has 0 bridgehead atoms. The number of benzene rings is 11. The molecule has 378 valence electrons. The Hall–Kier alpha value is -7.88. The van der Waals surface area contributed by atoms with Crippen molar-refractivity contribution in [3.05, 3.63) is 263 Å². The molecule has 0 saturated heterocycles. The predicted octanol–water partition coefficient (Wildman–Crippen LogP) is 16.3. The van der Waals surface area contributed by atoms with E-state index in [0.29, 0.717) is 27.5 Å². The molecule has 79 heavy (non-hydrogen) atoms. The van der Waals surface area contributed by atoms with Gasteiger partial charge in [-0.05, 0) is 145 Å². The van der Waals surface area contributed by atoms with Crippen LogP contribution in [0.3, 0.4) is 0 Å². The first-order chi connectivity index (χ1) is 38.6. The summed E-state index contributed by atoms with van der Waals surface area (Å²) in [5, 5.41) is 24.5. The highest BCUT2D eigenvalue weighted by atomic mass is 79.9. The molecule has 0 spiro atoms. The number of imidazole rings is 2. The number of hydrogen-bond donors (Lipinski definition) is 2. The zero-order valence-electron chi connectivity index (χ0n) is 41.5. The van der Waals surface area contributed by atoms with Gasteiger partial charge in [-0.15, -0.1) is 0 Å². The summed E-state index contributed by atoms with van der Waals surface area (Å²) < 4.78 is 7.06. The van der Waals surface area contributed by atoms with Crippen molar-refractivity contribution < 1.29 is 10.0 Å². The van der Waals surface area contributed by atoms with Crippen molar-refractivity contribution in [1.82, 2.24) is 18.8 Å². The van der Waals surface area contributed by atoms with Gasteiger partial charge in [-0.3, -0.25) is 18.4 Å². The Labute approximate surface area is 485 Å². The van der Waals surface area contributed by atoms with Crippen LogP contribution in [0.1, 0.15) is 0 Å². The summed E-state index contributed by atoms with van der Waals surface area (Å²) in [5.74, 6) is 0. The third-order valence-corrected chi connectivity index (χ3v) is 18.5. The van der Waals surface area contributed by atoms with E-state index in [-0.39, 0.29) is 11.1 Å². The summed E-state index contributed by atoms with van der Waals surface area (Å²) in [5.41, 5.74) is 13.6. The molecular weight excluding hydrogens is 1240 g/mol. The smallest absolute Gasteiger partial charge is 0.423 e. The fraction of sp³-hybridized carbons (Fsp3) is 0. The fourth-order valence-electron chi connectivity index (χ4n) is 11.0. The number of halogens is 4. The van der Waals surface area contributed by atoms with Crippen LogP contribution in [0.5, 0.6) is 0 Å². The highest BCUT2D eigenvalue weighted by Gasteiger charge is 2.25. The lowest BCUT2D eigenvalue weighted by Crippen LogP contribution is -2.29. The zero-order chi connectivity index (χ0) is 54.1. The predicted molar refractivity (Wildman–Crippen MR) is 339 cm³/mol. The maximum atomic E-state index is 14.6. The van der Waals surface area contributed by atoms with Crippen molar-refractivity contribution in [2.75, 3.05) is 0 Å². The molecule has 13 heteroatoms. The van der Waals surface area contributed by atoms with Crippen LogP contribution in [0.15, 0.2) is 252 Å². The molecule has 0 unspecified atom stereocenters. The minimum atomic E-state index is -1.34. The zero-order valence-corrected chi connectivity index (χ0v) is 47.8. The number of aromatic nitrogens is 4. The molecule has 0 saturated carbocycles. The van der Waals surface area contributed by atoms with Crippen LogP contribution >= 0.6 is 63.7 Å². The molecule has 4 heterocycles. The minimum Gasteiger partial charge on any atom is -0.423 e. The van der Waals surface area contributed by atoms with Gasteiger partial charge in [0, 0.05) is 51.3 Å². The molecule has 0 atom stereocenters. The Kier molecular flexibility index (Phi) is 13.3. The molecule has 0 aliphatic rings. The van der Waals surface area contributed by atoms with Gasteiger partial charge in [-0.2, -0.15) is 0 Å². The summed E-state index contributed by atoms with van der Waals surface area (Å²) in [6.07, 6.45) is 0. The van der Waals surface area contributed by atoms with Crippen molar-refractivity contribution in [3.63, 3.8) is 0 Å². The van der Waals surface area contributed by atoms with Crippen LogP contribution in [0, 0.1) is 0 Å². The van der Waals surface area contributed by atoms with Crippen molar-refractivity contribution in [2.45, 2.75) is 0 Å². The second-order valence-corrected chi connectivity index (χ2v) is 22.3. The van der Waals surface area contributed by atoms with Gasteiger partial charge in [0.1, 0.15) is 16.8 Å². The Morgan fingerprint density at radius 3 is 1.35 bits per heavy atom. The first kappa shape index (κ1) is 50.6. The topological polar surface area (TPSA) is 109 Å². The van der Waals surface area contributed by atoms with E-state index in [1.807, 2.05) is 83.3 Å². The quantitative estimate of drug-likeness (QED) is 0.131. The SMILES string of the molecule is O=c1c2cccc3c(-c4ccccc4)ccc(c32)c2nc3c(-c4ccccc4)c(-c4ccccc4)c(-c4ccccc4)cc3n12.O=c1c2cccc3c(Br)ccc(c32)c2nc3c(Br)c(Br)c(Br)cc3n12.OB(O)c1ccccc1. The van der Waals surface area contributed by atoms with E-state index in [9.17, 15) is 9.59 Å². The third kappa shape index (κ3) is 8.64. The number of rotatable bonds is 5. The Morgan fingerprint density at radius 2 is 0.810 bits per heavy atom. The van der Waals surface area contributed by atoms with Crippen LogP contribution in [-0.4, -0.2) is 35.9 Å². The molecule has 0 aliphatic heterocycles. The molecule has 11 aromatic carbocycles. The van der Waals surface area contributed by atoms with Gasteiger partial charge >= 0.3 is 7.12 Å². The van der Waals surface area contributed by atoms with Gasteiger partial charge in [-0.25, -0.2) is 9.97 Å². The first-order valence-electron chi connectivity index (χ1n) is 25.2. The highest BCUT2D eigenvalue weighted by molar-refractivity contribution is 9.14. The summed E-state index contributed by atoms with van der Waals surface area (Å²) in [7, 11) is -1.34. The third-order valence-electron chi connectivity index (χ3n) is 14.5. The molecule has 15 rings (SSSR count). The molecule has 2 N–H and O–H groups in total. The molecular formula is C66H39BBr4N4O4. The molecule has 15 aromatic rings. The molecule has 0 fully saturated rings. The standard InChI is InChI=1S/C42H26N2O.C18H6Br4N2O.C6H7BO2/c45-42-34-23-13-22-32-31(27-14-5-1-6-15-27)24-25-33(39(32)34)41-43-40-36(44(41)42)26-35(28-16-7-2-8-17-28)37(29-18-9-3-10-19-29)38(40)30-20-11-4-12-21-30;19-10-5-4-8-13-7(10)2-1-3-9(13)18(25)24-12-6-11(20)14(21)15(22)16(12)23-17(8)24;8-7(9)6-4-2-1-3-5-6/h1-26H;1-6H;1-5,8-9H. The Morgan fingerprint density at radius 1 is 0.367 bits per heavy atom. The van der Waals surface area contributed by atoms with E-state index in [0.717, 1.165) is 117 Å². The lowest BCUT2D eigenvalue weighted by molar-refractivity contribution is 0.426. The maximum absolute atomic E-state index is 14.6. The summed E-state index contributed by atoms with van der Waals surface area (Å²) >= 11 is 14.3. The van der Waals surface area contributed by atoms with Gasteiger partial charge in [0.2, 0.25) is 0 Å². The average Bonchev–Trinajstić information content (AvgIpc) is 4.21. The molecule has 0 amide bonds. The average molecular weight is 1280 g/mol. The van der Waals surface area contributed by atoms with Gasteiger partial charge in [0.15, 0.2) is 0 Å². The van der Waals surface area contributed by atoms with E-state index in [1.165, 1.54) is 0 Å². The van der Waals surface area contributed by atoms with Gasteiger partial charge in [-0.1, -0.05) is 198 Å². The Bertz CT molecular complexity index is 4960. The van der Waals surface area contributed by atoms with E-state index in [4.69, 9.17) is 20.0 Å². The second-order valence-electron chi connectivity index (χ2n) is 19.0. The van der Waals surface area contributed by atoms with Crippen molar-refractivity contribution in [2.24, 2.45) is 0 Å². The normalized spacial score (nSPS) is 11.5. The number of fused-ring (bicyclic) bond motifs is 8. The number of hydrogen-bond acceptors (Lipinski definition) is 6. The maximum Gasteiger partial charge on any atom is 0.488 e. The molecule has 4 aromatic heterocycles. The van der Waals surface area contributed by atoms with Crippen molar-refractivity contribution >= 4 is 153 Å². The van der Waals surface area contributed by atoms with E-state index in [1.54, 1.807) is 28.7 Å². The lowest BCUT2D eigenvalue weighted by Gasteiger charge is -2.17. The number of nitrogens with zero attached hydrogens (tertiary/aromatic N) is 4. The van der Waals surface area contributed by atoms with E-state index < -0.39 is 7.12 Å². The van der Waals surface area contributed by atoms with Gasteiger partial charge in [0.25, 0.3) is 11.1 Å². The van der Waals surface area contributed by atoms with E-state index >= 15 is 0 Å². The monoisotopic (exact) mass is 1280 g/mol. The molecule has 8 nitrogen and oxygen atoms in total. The van der Waals surface area contributed by atoms with Crippen LogP contribution < -0.4 is 16.6 Å². The van der Waals surface area contributed by atoms with Crippen molar-refractivity contribution in [3.8, 4) is 44.5 Å². The van der Waals surface area contributed by atoms with Crippen LogP contribution in [-0.2, 0) is 0 Å². The second kappa shape index (κ2) is 20.7. The van der Waals surface area contributed by atoms with Crippen LogP contribution in [0.4, 0.5) is 0 Å². The van der Waals surface area contributed by atoms with Crippen molar-refractivity contribution in [1.29, 1.82) is 0 Å². The van der Waals surface area contributed by atoms with Crippen LogP contribution in [0.2, 0.25) is 0 Å². The van der Waals surface area contributed by atoms with Gasteiger partial charge < -0.3 is 10.0 Å². The van der Waals surface area contributed by atoms with Crippen LogP contribution in [0.25, 0.3) is 121 Å². The van der Waals surface area contributed by atoms with E-state index in [2.05, 4.69) is 185 Å². The van der Waals surface area contributed by atoms with Gasteiger partial charge in [0.05, 0.1) is 21.0 Å².